The van der Waals surface area contributed by atoms with Crippen LogP contribution in [0.15, 0.2) is 42.5 Å². The van der Waals surface area contributed by atoms with Gasteiger partial charge in [-0.25, -0.2) is 0 Å². The predicted octanol–water partition coefficient (Wildman–Crippen LogP) is 5.27. The standard InChI is InChI=1S/C26H28ClNO3/c27-21-4-2-20(3-5-21)25-11-18-9-19(12-25)14-26(13-18,15-25)24(29)28-8-7-17-1-6-22-23(10-17)31-16-30-22/h1-6,10,18-19H,7-9,11-16H2,(H,28,29). The van der Waals surface area contributed by atoms with Gasteiger partial charge in [0.1, 0.15) is 0 Å². The maximum Gasteiger partial charge on any atom is 0.231 e. The molecule has 7 rings (SSSR count). The number of amides is 1. The number of rotatable bonds is 5. The molecule has 4 fully saturated rings. The molecule has 2 aromatic rings. The molecule has 5 heteroatoms. The van der Waals surface area contributed by atoms with Crippen molar-refractivity contribution in [1.82, 2.24) is 5.32 Å². The van der Waals surface area contributed by atoms with Crippen LogP contribution in [0.2, 0.25) is 5.02 Å². The van der Waals surface area contributed by atoms with Gasteiger partial charge in [0.05, 0.1) is 5.41 Å². The van der Waals surface area contributed by atoms with Crippen molar-refractivity contribution in [2.24, 2.45) is 17.3 Å². The molecule has 4 aliphatic carbocycles. The minimum Gasteiger partial charge on any atom is -0.454 e. The Labute approximate surface area is 188 Å². The first-order valence-electron chi connectivity index (χ1n) is 11.5. The number of halogens is 1. The van der Waals surface area contributed by atoms with Gasteiger partial charge in [-0.05, 0) is 97.6 Å². The van der Waals surface area contributed by atoms with E-state index in [9.17, 15) is 4.79 Å². The summed E-state index contributed by atoms with van der Waals surface area (Å²) < 4.78 is 10.9. The highest BCUT2D eigenvalue weighted by molar-refractivity contribution is 6.30. The number of nitrogens with one attached hydrogen (secondary N) is 1. The zero-order valence-electron chi connectivity index (χ0n) is 17.7. The number of carbonyl (C=O) groups excluding carboxylic acids is 1. The third-order valence-corrected chi connectivity index (χ3v) is 8.39. The van der Waals surface area contributed by atoms with Gasteiger partial charge >= 0.3 is 0 Å². The zero-order valence-corrected chi connectivity index (χ0v) is 18.4. The normalized spacial score (nSPS) is 32.3. The van der Waals surface area contributed by atoms with Gasteiger partial charge in [-0.2, -0.15) is 0 Å². The maximum absolute atomic E-state index is 13.5. The van der Waals surface area contributed by atoms with Crippen molar-refractivity contribution in [2.75, 3.05) is 13.3 Å². The van der Waals surface area contributed by atoms with E-state index >= 15 is 0 Å². The van der Waals surface area contributed by atoms with Crippen LogP contribution in [0.4, 0.5) is 0 Å². The summed E-state index contributed by atoms with van der Waals surface area (Å²) in [6, 6.07) is 14.4. The van der Waals surface area contributed by atoms with Crippen molar-refractivity contribution >= 4 is 17.5 Å². The highest BCUT2D eigenvalue weighted by Gasteiger charge is 2.60. The SMILES string of the molecule is O=C(NCCc1ccc2c(c1)OCO2)C12CC3CC(C1)CC(c1ccc(Cl)cc1)(C3)C2. The van der Waals surface area contributed by atoms with Crippen LogP contribution in [-0.4, -0.2) is 19.2 Å². The number of fused-ring (bicyclic) bond motifs is 1. The molecule has 0 spiro atoms. The van der Waals surface area contributed by atoms with Gasteiger partial charge in [-0.1, -0.05) is 29.8 Å². The van der Waals surface area contributed by atoms with E-state index in [4.69, 9.17) is 21.1 Å². The minimum absolute atomic E-state index is 0.142. The highest BCUT2D eigenvalue weighted by atomic mass is 35.5. The van der Waals surface area contributed by atoms with Gasteiger partial charge in [0.2, 0.25) is 12.7 Å². The molecular weight excluding hydrogens is 410 g/mol. The Kier molecular flexibility index (Phi) is 4.50. The molecule has 1 N–H and O–H groups in total. The second-order valence-corrected chi connectivity index (χ2v) is 10.7. The van der Waals surface area contributed by atoms with Gasteiger partial charge in [0.15, 0.2) is 11.5 Å². The smallest absolute Gasteiger partial charge is 0.231 e. The summed E-state index contributed by atoms with van der Waals surface area (Å²) in [4.78, 5) is 13.5. The molecule has 1 aliphatic heterocycles. The van der Waals surface area contributed by atoms with E-state index in [-0.39, 0.29) is 23.5 Å². The van der Waals surface area contributed by atoms with Crippen LogP contribution < -0.4 is 14.8 Å². The number of carbonyl (C=O) groups is 1. The lowest BCUT2D eigenvalue weighted by Gasteiger charge is -2.61. The van der Waals surface area contributed by atoms with Crippen molar-refractivity contribution in [3.63, 3.8) is 0 Å². The molecule has 4 nitrogen and oxygen atoms in total. The van der Waals surface area contributed by atoms with Gasteiger partial charge in [0.25, 0.3) is 0 Å². The second kappa shape index (κ2) is 7.16. The first-order chi connectivity index (χ1) is 15.0. The first kappa shape index (κ1) is 19.5. The molecule has 0 radical (unpaired) electrons. The van der Waals surface area contributed by atoms with E-state index in [0.29, 0.717) is 18.4 Å². The fraction of sp³-hybridized carbons (Fsp3) is 0.500. The molecule has 162 valence electrons. The molecule has 4 saturated carbocycles. The van der Waals surface area contributed by atoms with Crippen molar-refractivity contribution in [1.29, 1.82) is 0 Å². The lowest BCUT2D eigenvalue weighted by atomic mass is 9.42. The average molecular weight is 438 g/mol. The fourth-order valence-electron chi connectivity index (χ4n) is 7.27. The number of hydrogen-bond acceptors (Lipinski definition) is 3. The molecule has 31 heavy (non-hydrogen) atoms. The topological polar surface area (TPSA) is 47.6 Å². The van der Waals surface area contributed by atoms with Gasteiger partial charge in [0, 0.05) is 11.6 Å². The highest BCUT2D eigenvalue weighted by Crippen LogP contribution is 2.65. The largest absolute Gasteiger partial charge is 0.454 e. The second-order valence-electron chi connectivity index (χ2n) is 10.2. The predicted molar refractivity (Wildman–Crippen MR) is 120 cm³/mol. The Morgan fingerprint density at radius 3 is 2.52 bits per heavy atom. The Balaban J connectivity index is 1.17. The summed E-state index contributed by atoms with van der Waals surface area (Å²) >= 11 is 6.16. The van der Waals surface area contributed by atoms with Crippen LogP contribution in [0.25, 0.3) is 0 Å². The quantitative estimate of drug-likeness (QED) is 0.693. The van der Waals surface area contributed by atoms with Gasteiger partial charge in [-0.3, -0.25) is 4.79 Å². The molecule has 1 amide bonds. The van der Waals surface area contributed by atoms with E-state index in [0.717, 1.165) is 47.8 Å². The molecule has 2 aromatic carbocycles. The summed E-state index contributed by atoms with van der Waals surface area (Å²) in [5.74, 6) is 3.19. The molecule has 2 unspecified atom stereocenters. The average Bonchev–Trinajstić information content (AvgIpc) is 3.21. The summed E-state index contributed by atoms with van der Waals surface area (Å²) in [7, 11) is 0. The lowest BCUT2D eigenvalue weighted by molar-refractivity contribution is -0.149. The first-order valence-corrected chi connectivity index (χ1v) is 11.8. The van der Waals surface area contributed by atoms with E-state index < -0.39 is 0 Å². The van der Waals surface area contributed by atoms with Crippen molar-refractivity contribution in [3.05, 3.63) is 58.6 Å². The Bertz CT molecular complexity index is 1000. The molecule has 4 bridgehead atoms. The van der Waals surface area contributed by atoms with Crippen LogP contribution in [-0.2, 0) is 16.6 Å². The number of hydrogen-bond donors (Lipinski definition) is 1. The third kappa shape index (κ3) is 3.31. The Hall–Kier alpha value is -2.20. The van der Waals surface area contributed by atoms with Crippen molar-refractivity contribution in [3.8, 4) is 11.5 Å². The Morgan fingerprint density at radius 2 is 1.74 bits per heavy atom. The summed E-state index contributed by atoms with van der Waals surface area (Å²) in [5.41, 5.74) is 2.47. The van der Waals surface area contributed by atoms with E-state index in [1.54, 1.807) is 0 Å². The number of ether oxygens (including phenoxy) is 2. The fourth-order valence-corrected chi connectivity index (χ4v) is 7.40. The van der Waals surface area contributed by atoms with Crippen LogP contribution in [0.1, 0.15) is 49.7 Å². The minimum atomic E-state index is -0.210. The molecule has 0 aromatic heterocycles. The monoisotopic (exact) mass is 437 g/mol. The molecule has 5 aliphatic rings. The summed E-state index contributed by atoms with van der Waals surface area (Å²) in [6.45, 7) is 0.944. The van der Waals surface area contributed by atoms with Crippen molar-refractivity contribution < 1.29 is 14.3 Å². The molecular formula is C26H28ClNO3. The van der Waals surface area contributed by atoms with Gasteiger partial charge in [-0.15, -0.1) is 0 Å². The summed E-state index contributed by atoms with van der Waals surface area (Å²) in [6.07, 6.45) is 7.61. The van der Waals surface area contributed by atoms with E-state index in [2.05, 4.69) is 23.5 Å². The molecule has 2 atom stereocenters. The van der Waals surface area contributed by atoms with Crippen LogP contribution >= 0.6 is 11.6 Å². The maximum atomic E-state index is 13.5. The Morgan fingerprint density at radius 1 is 1.00 bits per heavy atom. The number of benzene rings is 2. The van der Waals surface area contributed by atoms with Crippen LogP contribution in [0, 0.1) is 17.3 Å². The van der Waals surface area contributed by atoms with Crippen LogP contribution in [0.3, 0.4) is 0 Å². The molecule has 0 saturated heterocycles. The van der Waals surface area contributed by atoms with Crippen molar-refractivity contribution in [2.45, 2.75) is 50.4 Å². The van der Waals surface area contributed by atoms with E-state index in [1.807, 2.05) is 24.3 Å². The van der Waals surface area contributed by atoms with Crippen LogP contribution in [0.5, 0.6) is 11.5 Å². The third-order valence-electron chi connectivity index (χ3n) is 8.14. The molecule has 1 heterocycles. The summed E-state index contributed by atoms with van der Waals surface area (Å²) in [5, 5.41) is 4.08. The lowest BCUT2D eigenvalue weighted by Crippen LogP contribution is -2.59. The van der Waals surface area contributed by atoms with Gasteiger partial charge < -0.3 is 14.8 Å². The zero-order chi connectivity index (χ0) is 21.1. The van der Waals surface area contributed by atoms with E-state index in [1.165, 1.54) is 24.8 Å².